The van der Waals surface area contributed by atoms with Gasteiger partial charge in [-0.3, -0.25) is 4.79 Å². The van der Waals surface area contributed by atoms with Crippen LogP contribution in [-0.4, -0.2) is 11.9 Å². The summed E-state index contributed by atoms with van der Waals surface area (Å²) >= 11 is 0. The summed E-state index contributed by atoms with van der Waals surface area (Å²) in [6.45, 7) is 0. The van der Waals surface area contributed by atoms with E-state index in [9.17, 15) is 27.9 Å². The molecule has 0 spiro atoms. The number of amides is 1. The van der Waals surface area contributed by atoms with E-state index in [1.54, 1.807) is 12.2 Å². The predicted octanol–water partition coefficient (Wildman–Crippen LogP) is 1.83. The fourth-order valence-electron chi connectivity index (χ4n) is 3.50. The Morgan fingerprint density at radius 2 is 1.78 bits per heavy atom. The summed E-state index contributed by atoms with van der Waals surface area (Å²) in [6, 6.07) is 4.26. The van der Waals surface area contributed by atoms with Crippen molar-refractivity contribution in [2.75, 3.05) is 5.32 Å². The van der Waals surface area contributed by atoms with Crippen LogP contribution < -0.4 is 10.4 Å². The largest absolute Gasteiger partial charge is 0.550 e. The van der Waals surface area contributed by atoms with E-state index in [0.29, 0.717) is 6.42 Å². The molecule has 0 aliphatic heterocycles. The van der Waals surface area contributed by atoms with Gasteiger partial charge in [0.25, 0.3) is 0 Å². The number of fused-ring (bicyclic) bond motifs is 2. The molecule has 0 aromatic heterocycles. The van der Waals surface area contributed by atoms with Gasteiger partial charge in [0.1, 0.15) is 0 Å². The van der Waals surface area contributed by atoms with Gasteiger partial charge in [-0.15, -0.1) is 0 Å². The van der Waals surface area contributed by atoms with Crippen molar-refractivity contribution in [2.24, 2.45) is 23.7 Å². The number of carbonyl (C=O) groups excluding carboxylic acids is 2. The lowest BCUT2D eigenvalue weighted by atomic mass is 9.82. The number of carbonyl (C=O) groups is 2. The molecular formula is C16H13F3NO3-. The molecule has 1 saturated carbocycles. The number of aliphatic carboxylic acids is 1. The maximum Gasteiger partial charge on any atom is 0.416 e. The number of allylic oxidation sites excluding steroid dienone is 2. The van der Waals surface area contributed by atoms with Crippen molar-refractivity contribution in [2.45, 2.75) is 12.6 Å². The van der Waals surface area contributed by atoms with Crippen molar-refractivity contribution in [3.63, 3.8) is 0 Å². The molecule has 1 fully saturated rings. The third-order valence-corrected chi connectivity index (χ3v) is 4.49. The van der Waals surface area contributed by atoms with Crippen LogP contribution in [0.15, 0.2) is 36.4 Å². The Labute approximate surface area is 130 Å². The minimum absolute atomic E-state index is 0.00586. The van der Waals surface area contributed by atoms with Crippen LogP contribution in [0.3, 0.4) is 0 Å². The normalized spacial score (nSPS) is 28.8. The Morgan fingerprint density at radius 3 is 2.39 bits per heavy atom. The number of rotatable bonds is 3. The van der Waals surface area contributed by atoms with Crippen LogP contribution in [0.4, 0.5) is 18.9 Å². The molecule has 2 aliphatic rings. The van der Waals surface area contributed by atoms with Gasteiger partial charge in [0.15, 0.2) is 0 Å². The molecule has 1 amide bonds. The van der Waals surface area contributed by atoms with Crippen LogP contribution in [0.2, 0.25) is 0 Å². The Bertz CT molecular complexity index is 683. The number of halogens is 3. The molecule has 0 unspecified atom stereocenters. The molecule has 0 radical (unpaired) electrons. The second kappa shape index (κ2) is 5.40. The summed E-state index contributed by atoms with van der Waals surface area (Å²) in [6.07, 6.45) is -0.400. The van der Waals surface area contributed by atoms with Crippen LogP contribution >= 0.6 is 0 Å². The first-order chi connectivity index (χ1) is 10.8. The number of hydrogen-bond donors (Lipinski definition) is 1. The molecule has 2 aliphatic carbocycles. The minimum Gasteiger partial charge on any atom is -0.550 e. The van der Waals surface area contributed by atoms with E-state index in [1.807, 2.05) is 0 Å². The van der Waals surface area contributed by atoms with Crippen molar-refractivity contribution in [1.82, 2.24) is 0 Å². The highest BCUT2D eigenvalue weighted by molar-refractivity contribution is 5.96. The number of carboxylic acid groups (broad SMARTS) is 1. The lowest BCUT2D eigenvalue weighted by Gasteiger charge is -2.27. The fourth-order valence-corrected chi connectivity index (χ4v) is 3.50. The summed E-state index contributed by atoms with van der Waals surface area (Å²) in [5, 5.41) is 13.7. The zero-order valence-electron chi connectivity index (χ0n) is 11.8. The molecule has 7 heteroatoms. The summed E-state index contributed by atoms with van der Waals surface area (Å²) in [7, 11) is 0. The molecule has 4 atom stereocenters. The number of anilines is 1. The Morgan fingerprint density at radius 1 is 1.13 bits per heavy atom. The van der Waals surface area contributed by atoms with Crippen LogP contribution in [-0.2, 0) is 15.8 Å². The number of nitrogens with one attached hydrogen (secondary N) is 1. The summed E-state index contributed by atoms with van der Waals surface area (Å²) in [4.78, 5) is 23.6. The molecule has 1 N–H and O–H groups in total. The lowest BCUT2D eigenvalue weighted by Crippen LogP contribution is -2.42. The Balaban J connectivity index is 1.80. The third kappa shape index (κ3) is 2.83. The number of carboxylic acids is 1. The second-order valence-electron chi connectivity index (χ2n) is 5.89. The van der Waals surface area contributed by atoms with E-state index in [0.717, 1.165) is 12.1 Å². The first kappa shape index (κ1) is 15.6. The lowest BCUT2D eigenvalue weighted by molar-refractivity contribution is -0.313. The molecule has 3 rings (SSSR count). The molecule has 2 bridgehead atoms. The molecular weight excluding hydrogens is 311 g/mol. The topological polar surface area (TPSA) is 69.2 Å². The van der Waals surface area contributed by atoms with Crippen LogP contribution in [0, 0.1) is 23.7 Å². The van der Waals surface area contributed by atoms with Crippen molar-refractivity contribution in [3.8, 4) is 0 Å². The smallest absolute Gasteiger partial charge is 0.416 e. The fraction of sp³-hybridized carbons (Fsp3) is 0.375. The highest BCUT2D eigenvalue weighted by Gasteiger charge is 2.48. The van der Waals surface area contributed by atoms with Crippen LogP contribution in [0.1, 0.15) is 12.0 Å². The number of alkyl halides is 3. The maximum atomic E-state index is 12.7. The summed E-state index contributed by atoms with van der Waals surface area (Å²) < 4.78 is 38.1. The van der Waals surface area contributed by atoms with Gasteiger partial charge in [-0.1, -0.05) is 18.2 Å². The van der Waals surface area contributed by atoms with Gasteiger partial charge in [0.05, 0.1) is 11.5 Å². The number of hydrogen-bond acceptors (Lipinski definition) is 3. The SMILES string of the molecule is O=C([O-])[C@@H]1[C@H](C(=O)Nc2cccc(C(F)(F)F)c2)[C@@H]2C=C[C@@H]1C2. The predicted molar refractivity (Wildman–Crippen MR) is 72.8 cm³/mol. The quantitative estimate of drug-likeness (QED) is 0.863. The standard InChI is InChI=1S/C16H14F3NO3/c17-16(18,19)10-2-1-3-11(7-10)20-14(21)12-8-4-5-9(6-8)13(12)15(22)23/h1-5,7-9,12-13H,6H2,(H,20,21)(H,22,23)/p-1/t8-,9-,12-,13+/m1/s1. The van der Waals surface area contributed by atoms with Gasteiger partial charge >= 0.3 is 6.18 Å². The van der Waals surface area contributed by atoms with Crippen LogP contribution in [0.5, 0.6) is 0 Å². The molecule has 23 heavy (non-hydrogen) atoms. The molecule has 4 nitrogen and oxygen atoms in total. The van der Waals surface area contributed by atoms with E-state index in [1.165, 1.54) is 12.1 Å². The van der Waals surface area contributed by atoms with Crippen LogP contribution in [0.25, 0.3) is 0 Å². The molecule has 1 aromatic carbocycles. The van der Waals surface area contributed by atoms with E-state index < -0.39 is 35.5 Å². The number of benzene rings is 1. The second-order valence-corrected chi connectivity index (χ2v) is 5.89. The van der Waals surface area contributed by atoms with E-state index in [4.69, 9.17) is 0 Å². The highest BCUT2D eigenvalue weighted by Crippen LogP contribution is 2.48. The van der Waals surface area contributed by atoms with Gasteiger partial charge in [-0.2, -0.15) is 13.2 Å². The first-order valence-corrected chi connectivity index (χ1v) is 7.14. The maximum absolute atomic E-state index is 12.7. The summed E-state index contributed by atoms with van der Waals surface area (Å²) in [5.74, 6) is -4.10. The van der Waals surface area contributed by atoms with E-state index in [-0.39, 0.29) is 17.5 Å². The molecule has 0 heterocycles. The van der Waals surface area contributed by atoms with Gasteiger partial charge in [0, 0.05) is 17.6 Å². The Hall–Kier alpha value is -2.31. The van der Waals surface area contributed by atoms with Gasteiger partial charge < -0.3 is 15.2 Å². The third-order valence-electron chi connectivity index (χ3n) is 4.49. The van der Waals surface area contributed by atoms with Gasteiger partial charge in [-0.05, 0) is 36.5 Å². The Kier molecular flexibility index (Phi) is 3.66. The molecule has 1 aromatic rings. The minimum atomic E-state index is -4.51. The van der Waals surface area contributed by atoms with Crippen molar-refractivity contribution in [3.05, 3.63) is 42.0 Å². The zero-order valence-corrected chi connectivity index (χ0v) is 11.8. The highest BCUT2D eigenvalue weighted by atomic mass is 19.4. The molecule has 122 valence electrons. The van der Waals surface area contributed by atoms with Crippen molar-refractivity contribution < 1.29 is 27.9 Å². The average molecular weight is 324 g/mol. The van der Waals surface area contributed by atoms with E-state index >= 15 is 0 Å². The first-order valence-electron chi connectivity index (χ1n) is 7.14. The van der Waals surface area contributed by atoms with Gasteiger partial charge in [0.2, 0.25) is 5.91 Å². The van der Waals surface area contributed by atoms with Crippen molar-refractivity contribution >= 4 is 17.6 Å². The zero-order chi connectivity index (χ0) is 16.8. The van der Waals surface area contributed by atoms with Crippen molar-refractivity contribution in [1.29, 1.82) is 0 Å². The summed E-state index contributed by atoms with van der Waals surface area (Å²) in [5.41, 5.74) is -0.881. The van der Waals surface area contributed by atoms with Gasteiger partial charge in [-0.25, -0.2) is 0 Å². The monoisotopic (exact) mass is 324 g/mol. The van der Waals surface area contributed by atoms with E-state index in [2.05, 4.69) is 5.32 Å². The average Bonchev–Trinajstić information content (AvgIpc) is 3.07. The molecule has 0 saturated heterocycles.